The average molecular weight is 230 g/mol. The van der Waals surface area contributed by atoms with Crippen LogP contribution in [0.5, 0.6) is 0 Å². The summed E-state index contributed by atoms with van der Waals surface area (Å²) in [5.41, 5.74) is 0. The van der Waals surface area contributed by atoms with Crippen LogP contribution in [-0.4, -0.2) is 21.7 Å². The van der Waals surface area contributed by atoms with Gasteiger partial charge in [-0.05, 0) is 20.3 Å². The van der Waals surface area contributed by atoms with Crippen molar-refractivity contribution in [1.82, 2.24) is 15.1 Å². The second-order valence-corrected chi connectivity index (χ2v) is 4.07. The van der Waals surface area contributed by atoms with Gasteiger partial charge < -0.3 is 5.32 Å². The lowest BCUT2D eigenvalue weighted by Crippen LogP contribution is -2.37. The highest BCUT2D eigenvalue weighted by atomic mass is 35.5. The first-order valence-corrected chi connectivity index (χ1v) is 5.42. The van der Waals surface area contributed by atoms with Gasteiger partial charge in [-0.25, -0.2) is 0 Å². The number of hydrogen-bond acceptors (Lipinski definition) is 2. The van der Waals surface area contributed by atoms with Crippen molar-refractivity contribution in [2.24, 2.45) is 0 Å². The summed E-state index contributed by atoms with van der Waals surface area (Å²) in [6, 6.07) is -0.141. The van der Waals surface area contributed by atoms with Crippen molar-refractivity contribution in [2.75, 3.05) is 0 Å². The van der Waals surface area contributed by atoms with E-state index in [0.717, 1.165) is 6.42 Å². The standard InChI is InChI=1S/C10H16ClN3O/c1-4-7(2)13-10(15)8(3)14-6-9(11)5-12-14/h5-8H,4H2,1-3H3,(H,13,15). The van der Waals surface area contributed by atoms with Gasteiger partial charge in [-0.1, -0.05) is 18.5 Å². The molecule has 1 amide bonds. The molecule has 5 heteroatoms. The lowest BCUT2D eigenvalue weighted by atomic mass is 10.2. The molecule has 1 aromatic heterocycles. The molecular weight excluding hydrogens is 214 g/mol. The van der Waals surface area contributed by atoms with Crippen molar-refractivity contribution in [3.8, 4) is 0 Å². The van der Waals surface area contributed by atoms with Crippen LogP contribution < -0.4 is 5.32 Å². The summed E-state index contributed by atoms with van der Waals surface area (Å²) >= 11 is 5.73. The fourth-order valence-electron chi connectivity index (χ4n) is 1.11. The smallest absolute Gasteiger partial charge is 0.244 e. The Morgan fingerprint density at radius 2 is 2.33 bits per heavy atom. The molecule has 0 aromatic carbocycles. The minimum absolute atomic E-state index is 0.0379. The van der Waals surface area contributed by atoms with Crippen LogP contribution in [-0.2, 0) is 4.79 Å². The Morgan fingerprint density at radius 3 is 2.80 bits per heavy atom. The van der Waals surface area contributed by atoms with Crippen LogP contribution in [0.3, 0.4) is 0 Å². The van der Waals surface area contributed by atoms with E-state index in [2.05, 4.69) is 10.4 Å². The number of hydrogen-bond donors (Lipinski definition) is 1. The van der Waals surface area contributed by atoms with Gasteiger partial charge in [0.05, 0.1) is 11.2 Å². The summed E-state index contributed by atoms with van der Waals surface area (Å²) in [6.07, 6.45) is 4.08. The first-order chi connectivity index (χ1) is 7.04. The molecule has 1 rings (SSSR count). The molecule has 1 aromatic rings. The van der Waals surface area contributed by atoms with Gasteiger partial charge in [-0.3, -0.25) is 9.48 Å². The number of carbonyl (C=O) groups excluding carboxylic acids is 1. The van der Waals surface area contributed by atoms with E-state index < -0.39 is 0 Å². The third-order valence-corrected chi connectivity index (χ3v) is 2.54. The predicted molar refractivity (Wildman–Crippen MR) is 59.8 cm³/mol. The number of aromatic nitrogens is 2. The van der Waals surface area contributed by atoms with Crippen LogP contribution in [0.1, 0.15) is 33.2 Å². The summed E-state index contributed by atoms with van der Waals surface area (Å²) in [5.74, 6) is -0.0379. The molecule has 0 radical (unpaired) electrons. The van der Waals surface area contributed by atoms with Crippen LogP contribution in [0.2, 0.25) is 5.02 Å². The number of rotatable bonds is 4. The van der Waals surface area contributed by atoms with E-state index in [0.29, 0.717) is 5.02 Å². The van der Waals surface area contributed by atoms with Crippen LogP contribution >= 0.6 is 11.6 Å². The summed E-state index contributed by atoms with van der Waals surface area (Å²) < 4.78 is 1.56. The lowest BCUT2D eigenvalue weighted by Gasteiger charge is -2.16. The van der Waals surface area contributed by atoms with Crippen molar-refractivity contribution in [3.05, 3.63) is 17.4 Å². The second-order valence-electron chi connectivity index (χ2n) is 3.63. The molecule has 1 N–H and O–H groups in total. The highest BCUT2D eigenvalue weighted by Gasteiger charge is 2.16. The molecule has 15 heavy (non-hydrogen) atoms. The number of halogens is 1. The number of carbonyl (C=O) groups is 1. The Balaban J connectivity index is 2.60. The van der Waals surface area contributed by atoms with E-state index in [1.165, 1.54) is 6.20 Å². The molecule has 0 saturated carbocycles. The van der Waals surface area contributed by atoms with Crippen molar-refractivity contribution in [2.45, 2.75) is 39.3 Å². The lowest BCUT2D eigenvalue weighted by molar-refractivity contribution is -0.124. The first-order valence-electron chi connectivity index (χ1n) is 5.04. The molecule has 0 fully saturated rings. The predicted octanol–water partition coefficient (Wildman–Crippen LogP) is 2.01. The Morgan fingerprint density at radius 1 is 1.67 bits per heavy atom. The first kappa shape index (κ1) is 12.0. The van der Waals surface area contributed by atoms with Crippen LogP contribution in [0.15, 0.2) is 12.4 Å². The molecule has 0 saturated heterocycles. The molecule has 0 aliphatic rings. The maximum atomic E-state index is 11.7. The minimum atomic E-state index is -0.327. The molecule has 0 aliphatic heterocycles. The highest BCUT2D eigenvalue weighted by Crippen LogP contribution is 2.11. The average Bonchev–Trinajstić information content (AvgIpc) is 2.63. The normalized spacial score (nSPS) is 14.7. The zero-order valence-electron chi connectivity index (χ0n) is 9.20. The van der Waals surface area contributed by atoms with Gasteiger partial charge >= 0.3 is 0 Å². The van der Waals surface area contributed by atoms with Crippen molar-refractivity contribution >= 4 is 17.5 Å². The summed E-state index contributed by atoms with van der Waals surface area (Å²) in [7, 11) is 0. The van der Waals surface area contributed by atoms with E-state index in [9.17, 15) is 4.79 Å². The third-order valence-electron chi connectivity index (χ3n) is 2.35. The van der Waals surface area contributed by atoms with Crippen molar-refractivity contribution < 1.29 is 4.79 Å². The Hall–Kier alpha value is -1.03. The van der Waals surface area contributed by atoms with Crippen LogP contribution in [0.4, 0.5) is 0 Å². The van der Waals surface area contributed by atoms with Gasteiger partial charge in [0.2, 0.25) is 5.91 Å². The van der Waals surface area contributed by atoms with Gasteiger partial charge in [0.25, 0.3) is 0 Å². The summed E-state index contributed by atoms with van der Waals surface area (Å²) in [6.45, 7) is 5.79. The van der Waals surface area contributed by atoms with Gasteiger partial charge in [-0.2, -0.15) is 5.10 Å². The molecule has 4 nitrogen and oxygen atoms in total. The van der Waals surface area contributed by atoms with Gasteiger partial charge in [0.15, 0.2) is 0 Å². The third kappa shape index (κ3) is 3.23. The van der Waals surface area contributed by atoms with E-state index in [1.807, 2.05) is 13.8 Å². The number of nitrogens with zero attached hydrogens (tertiary/aromatic N) is 2. The van der Waals surface area contributed by atoms with Crippen LogP contribution in [0.25, 0.3) is 0 Å². The Kier molecular flexibility index (Phi) is 4.15. The molecule has 1 heterocycles. The Bertz CT molecular complexity index is 337. The van der Waals surface area contributed by atoms with Gasteiger partial charge in [0.1, 0.15) is 6.04 Å². The number of nitrogens with one attached hydrogen (secondary N) is 1. The quantitative estimate of drug-likeness (QED) is 0.859. The minimum Gasteiger partial charge on any atom is -0.352 e. The molecule has 84 valence electrons. The van der Waals surface area contributed by atoms with Crippen LogP contribution in [0, 0.1) is 0 Å². The van der Waals surface area contributed by atoms with E-state index in [-0.39, 0.29) is 18.0 Å². The van der Waals surface area contributed by atoms with E-state index >= 15 is 0 Å². The largest absolute Gasteiger partial charge is 0.352 e. The zero-order valence-corrected chi connectivity index (χ0v) is 9.95. The molecule has 0 bridgehead atoms. The molecule has 2 unspecified atom stereocenters. The fourth-order valence-corrected chi connectivity index (χ4v) is 1.26. The van der Waals surface area contributed by atoms with E-state index in [4.69, 9.17) is 11.6 Å². The highest BCUT2D eigenvalue weighted by molar-refractivity contribution is 6.30. The van der Waals surface area contributed by atoms with Crippen molar-refractivity contribution in [3.63, 3.8) is 0 Å². The van der Waals surface area contributed by atoms with Gasteiger partial charge in [0, 0.05) is 12.2 Å². The SMILES string of the molecule is CCC(C)NC(=O)C(C)n1cc(Cl)cn1. The summed E-state index contributed by atoms with van der Waals surface area (Å²) in [4.78, 5) is 11.7. The summed E-state index contributed by atoms with van der Waals surface area (Å²) in [5, 5.41) is 7.43. The van der Waals surface area contributed by atoms with E-state index in [1.54, 1.807) is 17.8 Å². The maximum absolute atomic E-state index is 11.7. The molecule has 0 aliphatic carbocycles. The maximum Gasteiger partial charge on any atom is 0.244 e. The number of amides is 1. The second kappa shape index (κ2) is 5.16. The fraction of sp³-hybridized carbons (Fsp3) is 0.600. The molecule has 0 spiro atoms. The van der Waals surface area contributed by atoms with Crippen molar-refractivity contribution in [1.29, 1.82) is 0 Å². The van der Waals surface area contributed by atoms with Gasteiger partial charge in [-0.15, -0.1) is 0 Å². The Labute approximate surface area is 94.6 Å². The molecular formula is C10H16ClN3O. The topological polar surface area (TPSA) is 46.9 Å². The molecule has 2 atom stereocenters. The monoisotopic (exact) mass is 229 g/mol. The zero-order chi connectivity index (χ0) is 11.4.